The van der Waals surface area contributed by atoms with Crippen LogP contribution in [0.4, 0.5) is 5.69 Å². The molecule has 1 amide bonds. The normalized spacial score (nSPS) is 27.5. The van der Waals surface area contributed by atoms with E-state index < -0.39 is 0 Å². The van der Waals surface area contributed by atoms with Gasteiger partial charge in [-0.25, -0.2) is 5.43 Å². The topological polar surface area (TPSA) is 65.2 Å². The fraction of sp³-hybridized carbons (Fsp3) is 0.632. The molecule has 1 aliphatic carbocycles. The smallest absolute Gasteiger partial charge is 0.238 e. The molecule has 1 saturated carbocycles. The Morgan fingerprint density at radius 3 is 2.67 bits per heavy atom. The summed E-state index contributed by atoms with van der Waals surface area (Å²) >= 11 is 0. The number of fused-ring (bicyclic) bond motifs is 1. The number of hydrazine groups is 1. The van der Waals surface area contributed by atoms with E-state index >= 15 is 0 Å². The molecule has 1 aromatic carbocycles. The molecule has 2 aliphatic rings. The van der Waals surface area contributed by atoms with Crippen molar-refractivity contribution >= 4 is 11.6 Å². The molecule has 2 fully saturated rings. The van der Waals surface area contributed by atoms with Crippen LogP contribution in [-0.2, 0) is 4.79 Å². The van der Waals surface area contributed by atoms with Crippen LogP contribution in [0.1, 0.15) is 39.5 Å². The zero-order valence-corrected chi connectivity index (χ0v) is 14.7. The van der Waals surface area contributed by atoms with Gasteiger partial charge < -0.3 is 10.6 Å². The van der Waals surface area contributed by atoms with Gasteiger partial charge in [0.1, 0.15) is 6.04 Å². The maximum absolute atomic E-state index is 12.6. The molecule has 132 valence electrons. The lowest BCUT2D eigenvalue weighted by molar-refractivity contribution is -0.124. The van der Waals surface area contributed by atoms with Gasteiger partial charge >= 0.3 is 0 Å². The van der Waals surface area contributed by atoms with E-state index in [9.17, 15) is 4.79 Å². The zero-order valence-electron chi connectivity index (χ0n) is 14.7. The number of para-hydroxylation sites is 1. The first-order valence-electron chi connectivity index (χ1n) is 9.25. The quantitative estimate of drug-likeness (QED) is 0.646. The van der Waals surface area contributed by atoms with Crippen molar-refractivity contribution < 1.29 is 4.79 Å². The largest absolute Gasteiger partial charge is 0.380 e. The van der Waals surface area contributed by atoms with Crippen LogP contribution in [-0.4, -0.2) is 30.6 Å². The highest BCUT2D eigenvalue weighted by Crippen LogP contribution is 2.30. The van der Waals surface area contributed by atoms with Crippen LogP contribution in [0.2, 0.25) is 0 Å². The lowest BCUT2D eigenvalue weighted by atomic mass is 9.81. The van der Waals surface area contributed by atoms with E-state index in [1.807, 2.05) is 18.2 Å². The lowest BCUT2D eigenvalue weighted by Gasteiger charge is -2.28. The summed E-state index contributed by atoms with van der Waals surface area (Å²) < 4.78 is 0. The predicted molar refractivity (Wildman–Crippen MR) is 97.5 cm³/mol. The second-order valence-electron chi connectivity index (χ2n) is 7.43. The molecule has 1 aliphatic heterocycles. The Hall–Kier alpha value is -1.59. The second kappa shape index (κ2) is 7.99. The fourth-order valence-electron chi connectivity index (χ4n) is 3.82. The SMILES string of the molecule is CC(C)C(CNC(=O)C1NNC2CCCCC21)Nc1ccccc1. The minimum atomic E-state index is -0.0974. The van der Waals surface area contributed by atoms with Crippen molar-refractivity contribution in [2.75, 3.05) is 11.9 Å². The van der Waals surface area contributed by atoms with E-state index in [0.717, 1.165) is 12.1 Å². The summed E-state index contributed by atoms with van der Waals surface area (Å²) in [5.41, 5.74) is 7.63. The average molecular weight is 330 g/mol. The molecule has 4 N–H and O–H groups in total. The summed E-state index contributed by atoms with van der Waals surface area (Å²) in [5.74, 6) is 0.985. The van der Waals surface area contributed by atoms with E-state index in [1.54, 1.807) is 0 Å². The number of rotatable bonds is 6. The molecule has 3 rings (SSSR count). The van der Waals surface area contributed by atoms with Gasteiger partial charge in [-0.3, -0.25) is 10.2 Å². The van der Waals surface area contributed by atoms with Crippen LogP contribution in [0, 0.1) is 11.8 Å². The molecule has 0 spiro atoms. The van der Waals surface area contributed by atoms with Crippen molar-refractivity contribution in [3.8, 4) is 0 Å². The van der Waals surface area contributed by atoms with Crippen LogP contribution in [0.15, 0.2) is 30.3 Å². The Balaban J connectivity index is 1.53. The molecule has 4 unspecified atom stereocenters. The summed E-state index contributed by atoms with van der Waals surface area (Å²) in [4.78, 5) is 12.6. The molecular formula is C19H30N4O. The summed E-state index contributed by atoms with van der Waals surface area (Å²) in [7, 11) is 0. The highest BCUT2D eigenvalue weighted by atomic mass is 16.2. The Labute approximate surface area is 144 Å². The molecular weight excluding hydrogens is 300 g/mol. The Kier molecular flexibility index (Phi) is 5.74. The number of hydrogen-bond acceptors (Lipinski definition) is 4. The van der Waals surface area contributed by atoms with Crippen molar-refractivity contribution in [2.24, 2.45) is 11.8 Å². The summed E-state index contributed by atoms with van der Waals surface area (Å²) in [6, 6.07) is 10.8. The van der Waals surface area contributed by atoms with Crippen molar-refractivity contribution in [1.82, 2.24) is 16.2 Å². The Bertz CT molecular complexity index is 533. The van der Waals surface area contributed by atoms with Gasteiger partial charge in [0.05, 0.1) is 0 Å². The maximum Gasteiger partial charge on any atom is 0.238 e. The minimum Gasteiger partial charge on any atom is -0.380 e. The Morgan fingerprint density at radius 1 is 1.17 bits per heavy atom. The molecule has 1 saturated heterocycles. The number of carbonyl (C=O) groups is 1. The first-order valence-corrected chi connectivity index (χ1v) is 9.25. The van der Waals surface area contributed by atoms with E-state index in [2.05, 4.69) is 47.5 Å². The van der Waals surface area contributed by atoms with E-state index in [-0.39, 0.29) is 18.0 Å². The van der Waals surface area contributed by atoms with Gasteiger partial charge in [-0.05, 0) is 30.9 Å². The first-order chi connectivity index (χ1) is 11.6. The van der Waals surface area contributed by atoms with Crippen LogP contribution >= 0.6 is 0 Å². The number of carbonyl (C=O) groups excluding carboxylic acids is 1. The number of nitrogens with one attached hydrogen (secondary N) is 4. The van der Waals surface area contributed by atoms with Gasteiger partial charge in [-0.15, -0.1) is 0 Å². The van der Waals surface area contributed by atoms with Crippen LogP contribution in [0.5, 0.6) is 0 Å². The predicted octanol–water partition coefficient (Wildman–Crippen LogP) is 2.27. The van der Waals surface area contributed by atoms with Crippen LogP contribution < -0.4 is 21.5 Å². The monoisotopic (exact) mass is 330 g/mol. The van der Waals surface area contributed by atoms with E-state index in [0.29, 0.717) is 24.4 Å². The number of amides is 1. The molecule has 4 atom stereocenters. The van der Waals surface area contributed by atoms with E-state index in [1.165, 1.54) is 19.3 Å². The lowest BCUT2D eigenvalue weighted by Crippen LogP contribution is -2.49. The second-order valence-corrected chi connectivity index (χ2v) is 7.43. The van der Waals surface area contributed by atoms with Crippen molar-refractivity contribution in [1.29, 1.82) is 0 Å². The summed E-state index contributed by atoms with van der Waals surface area (Å²) in [6.45, 7) is 5.00. The van der Waals surface area contributed by atoms with Gasteiger partial charge in [0.25, 0.3) is 0 Å². The number of benzene rings is 1. The number of hydrogen-bond donors (Lipinski definition) is 4. The molecule has 24 heavy (non-hydrogen) atoms. The molecule has 0 bridgehead atoms. The standard InChI is InChI=1S/C19H30N4O/c1-13(2)17(21-14-8-4-3-5-9-14)12-20-19(24)18-15-10-6-7-11-16(15)22-23-18/h3-5,8-9,13,15-18,21-23H,6-7,10-12H2,1-2H3,(H,20,24). The number of anilines is 1. The van der Waals surface area contributed by atoms with Gasteiger partial charge in [-0.1, -0.05) is 44.9 Å². The van der Waals surface area contributed by atoms with Gasteiger partial charge in [0.2, 0.25) is 5.91 Å². The maximum atomic E-state index is 12.6. The van der Waals surface area contributed by atoms with E-state index in [4.69, 9.17) is 0 Å². The molecule has 0 aromatic heterocycles. The molecule has 1 heterocycles. The van der Waals surface area contributed by atoms with Gasteiger partial charge in [0, 0.05) is 30.2 Å². The van der Waals surface area contributed by atoms with Gasteiger partial charge in [0.15, 0.2) is 0 Å². The van der Waals surface area contributed by atoms with Crippen LogP contribution in [0.25, 0.3) is 0 Å². The highest BCUT2D eigenvalue weighted by Gasteiger charge is 2.40. The fourth-order valence-corrected chi connectivity index (χ4v) is 3.82. The van der Waals surface area contributed by atoms with Crippen LogP contribution in [0.3, 0.4) is 0 Å². The third-order valence-electron chi connectivity index (χ3n) is 5.38. The summed E-state index contributed by atoms with van der Waals surface area (Å²) in [6.07, 6.45) is 4.81. The zero-order chi connectivity index (χ0) is 16.9. The summed E-state index contributed by atoms with van der Waals surface area (Å²) in [5, 5.41) is 6.69. The Morgan fingerprint density at radius 2 is 1.92 bits per heavy atom. The van der Waals surface area contributed by atoms with Crippen molar-refractivity contribution in [3.63, 3.8) is 0 Å². The molecule has 0 radical (unpaired) electrons. The minimum absolute atomic E-state index is 0.0974. The van der Waals surface area contributed by atoms with Gasteiger partial charge in [-0.2, -0.15) is 0 Å². The highest BCUT2D eigenvalue weighted by molar-refractivity contribution is 5.82. The first kappa shape index (κ1) is 17.2. The molecule has 5 nitrogen and oxygen atoms in total. The molecule has 5 heteroatoms. The average Bonchev–Trinajstić information content (AvgIpc) is 3.03. The van der Waals surface area contributed by atoms with Crippen molar-refractivity contribution in [2.45, 2.75) is 57.7 Å². The third kappa shape index (κ3) is 4.08. The molecule has 1 aromatic rings. The van der Waals surface area contributed by atoms with Crippen molar-refractivity contribution in [3.05, 3.63) is 30.3 Å². The third-order valence-corrected chi connectivity index (χ3v) is 5.38.